The Hall–Kier alpha value is -1.39. The first-order chi connectivity index (χ1) is 6.24. The Morgan fingerprint density at radius 1 is 1.46 bits per heavy atom. The summed E-state index contributed by atoms with van der Waals surface area (Å²) in [5, 5.41) is 9.51. The average molecular weight is 180 g/mol. The average Bonchev–Trinajstić information content (AvgIpc) is 2.19. The summed E-state index contributed by atoms with van der Waals surface area (Å²) in [4.78, 5) is 10.8. The lowest BCUT2D eigenvalue weighted by Gasteiger charge is -2.08. The minimum absolute atomic E-state index is 0.0134. The van der Waals surface area contributed by atoms with Gasteiger partial charge in [-0.25, -0.2) is 5.84 Å². The van der Waals surface area contributed by atoms with Gasteiger partial charge in [0.15, 0.2) is 0 Å². The second-order valence-electron chi connectivity index (χ2n) is 2.70. The first-order valence-corrected chi connectivity index (χ1v) is 3.96. The van der Waals surface area contributed by atoms with Crippen LogP contribution in [0.3, 0.4) is 0 Å². The lowest BCUT2D eigenvalue weighted by atomic mass is 10.1. The predicted octanol–water partition coefficient (Wildman–Crippen LogP) is 0.1000. The molecule has 1 atom stereocenters. The molecule has 4 heteroatoms. The Kier molecular flexibility index (Phi) is 3.42. The fraction of sp³-hybridized carbons (Fsp3) is 0.222. The minimum Gasteiger partial charge on any atom is -0.388 e. The van der Waals surface area contributed by atoms with Crippen molar-refractivity contribution in [2.24, 2.45) is 5.84 Å². The number of carbonyl (C=O) groups is 1. The summed E-state index contributed by atoms with van der Waals surface area (Å²) in [6, 6.07) is 8.97. The van der Waals surface area contributed by atoms with E-state index < -0.39 is 6.10 Å². The summed E-state index contributed by atoms with van der Waals surface area (Å²) in [7, 11) is 0. The van der Waals surface area contributed by atoms with E-state index in [9.17, 15) is 9.90 Å². The van der Waals surface area contributed by atoms with Crippen molar-refractivity contribution in [3.05, 3.63) is 35.9 Å². The van der Waals surface area contributed by atoms with Gasteiger partial charge in [-0.3, -0.25) is 10.2 Å². The van der Waals surface area contributed by atoms with Gasteiger partial charge < -0.3 is 5.11 Å². The first-order valence-electron chi connectivity index (χ1n) is 3.96. The van der Waals surface area contributed by atoms with Crippen molar-refractivity contribution in [2.75, 3.05) is 0 Å². The summed E-state index contributed by atoms with van der Waals surface area (Å²) in [6.07, 6.45) is -0.801. The predicted molar refractivity (Wildman–Crippen MR) is 48.3 cm³/mol. The van der Waals surface area contributed by atoms with E-state index in [1.54, 1.807) is 24.3 Å². The maximum atomic E-state index is 10.8. The fourth-order valence-corrected chi connectivity index (χ4v) is 1.03. The highest BCUT2D eigenvalue weighted by Gasteiger charge is 2.10. The van der Waals surface area contributed by atoms with Gasteiger partial charge in [0.05, 0.1) is 12.5 Å². The third-order valence-corrected chi connectivity index (χ3v) is 1.72. The number of carbonyl (C=O) groups excluding carboxylic acids is 1. The highest BCUT2D eigenvalue weighted by Crippen LogP contribution is 2.14. The number of rotatable bonds is 3. The molecule has 4 nitrogen and oxygen atoms in total. The van der Waals surface area contributed by atoms with E-state index in [4.69, 9.17) is 5.84 Å². The second kappa shape index (κ2) is 4.59. The molecule has 0 bridgehead atoms. The quantitative estimate of drug-likeness (QED) is 0.351. The Bertz CT molecular complexity index is 274. The van der Waals surface area contributed by atoms with E-state index in [1.807, 2.05) is 11.5 Å². The lowest BCUT2D eigenvalue weighted by molar-refractivity contribution is -0.123. The van der Waals surface area contributed by atoms with Gasteiger partial charge in [-0.15, -0.1) is 0 Å². The number of hydrogen-bond acceptors (Lipinski definition) is 3. The number of nitrogens with two attached hydrogens (primary N) is 1. The molecule has 0 unspecified atom stereocenters. The number of hydrogen-bond donors (Lipinski definition) is 3. The maximum absolute atomic E-state index is 10.8. The van der Waals surface area contributed by atoms with Crippen LogP contribution in [0.1, 0.15) is 18.1 Å². The molecule has 0 fully saturated rings. The molecule has 0 aliphatic carbocycles. The minimum atomic E-state index is -0.787. The Morgan fingerprint density at radius 2 is 2.08 bits per heavy atom. The van der Waals surface area contributed by atoms with Crippen LogP contribution in [0.4, 0.5) is 0 Å². The van der Waals surface area contributed by atoms with E-state index in [0.29, 0.717) is 5.56 Å². The molecule has 0 aromatic heterocycles. The summed E-state index contributed by atoms with van der Waals surface area (Å²) in [6.45, 7) is 0. The molecule has 0 heterocycles. The largest absolute Gasteiger partial charge is 0.388 e. The summed E-state index contributed by atoms with van der Waals surface area (Å²) >= 11 is 0. The first kappa shape index (κ1) is 9.70. The normalized spacial score (nSPS) is 12.2. The molecule has 70 valence electrons. The number of aliphatic hydroxyl groups is 1. The molecule has 0 spiro atoms. The molecule has 1 amide bonds. The van der Waals surface area contributed by atoms with Crippen molar-refractivity contribution in [2.45, 2.75) is 12.5 Å². The molecule has 0 aliphatic heterocycles. The molecule has 0 saturated heterocycles. The van der Waals surface area contributed by atoms with Crippen molar-refractivity contribution >= 4 is 5.91 Å². The molecule has 0 aliphatic rings. The van der Waals surface area contributed by atoms with Gasteiger partial charge in [-0.1, -0.05) is 30.3 Å². The smallest absolute Gasteiger partial charge is 0.236 e. The zero-order chi connectivity index (χ0) is 9.68. The Balaban J connectivity index is 2.59. The molecule has 1 aromatic rings. The molecule has 1 rings (SSSR count). The van der Waals surface area contributed by atoms with Crippen LogP contribution < -0.4 is 11.3 Å². The van der Waals surface area contributed by atoms with Crippen molar-refractivity contribution in [3.8, 4) is 0 Å². The standard InChI is InChI=1S/C9H12N2O2/c10-11-9(13)6-8(12)7-4-2-1-3-5-7/h1-5,8,12H,6,10H2,(H,11,13)/t8-/m1/s1. The zero-order valence-electron chi connectivity index (χ0n) is 7.10. The van der Waals surface area contributed by atoms with Gasteiger partial charge in [-0.05, 0) is 5.56 Å². The van der Waals surface area contributed by atoms with E-state index in [-0.39, 0.29) is 12.3 Å². The summed E-state index contributed by atoms with van der Waals surface area (Å²) in [5.41, 5.74) is 2.68. The maximum Gasteiger partial charge on any atom is 0.236 e. The number of hydrazine groups is 1. The number of aliphatic hydroxyl groups excluding tert-OH is 1. The molecule has 0 radical (unpaired) electrons. The molecule has 13 heavy (non-hydrogen) atoms. The monoisotopic (exact) mass is 180 g/mol. The van der Waals surface area contributed by atoms with Gasteiger partial charge in [0.25, 0.3) is 0 Å². The van der Waals surface area contributed by atoms with Crippen LogP contribution >= 0.6 is 0 Å². The number of nitrogens with one attached hydrogen (secondary N) is 1. The van der Waals surface area contributed by atoms with Gasteiger partial charge in [0.2, 0.25) is 5.91 Å². The molecule has 0 saturated carbocycles. The van der Waals surface area contributed by atoms with Crippen LogP contribution in [0.25, 0.3) is 0 Å². The topological polar surface area (TPSA) is 75.3 Å². The highest BCUT2D eigenvalue weighted by atomic mass is 16.3. The Labute approximate surface area is 76.3 Å². The molecular formula is C9H12N2O2. The van der Waals surface area contributed by atoms with Crippen molar-refractivity contribution < 1.29 is 9.90 Å². The highest BCUT2D eigenvalue weighted by molar-refractivity contribution is 5.75. The third-order valence-electron chi connectivity index (χ3n) is 1.72. The van der Waals surface area contributed by atoms with Crippen molar-refractivity contribution in [1.82, 2.24) is 5.43 Å². The third kappa shape index (κ3) is 2.85. The van der Waals surface area contributed by atoms with Gasteiger partial charge >= 0.3 is 0 Å². The summed E-state index contributed by atoms with van der Waals surface area (Å²) in [5.74, 6) is 4.51. The fourth-order valence-electron chi connectivity index (χ4n) is 1.03. The lowest BCUT2D eigenvalue weighted by Crippen LogP contribution is -2.31. The van der Waals surface area contributed by atoms with E-state index in [0.717, 1.165) is 0 Å². The van der Waals surface area contributed by atoms with Gasteiger partial charge in [0.1, 0.15) is 0 Å². The van der Waals surface area contributed by atoms with E-state index in [1.165, 1.54) is 0 Å². The van der Waals surface area contributed by atoms with Crippen molar-refractivity contribution in [3.63, 3.8) is 0 Å². The molecular weight excluding hydrogens is 168 g/mol. The molecule has 4 N–H and O–H groups in total. The van der Waals surface area contributed by atoms with Gasteiger partial charge in [-0.2, -0.15) is 0 Å². The zero-order valence-corrected chi connectivity index (χ0v) is 7.10. The number of amides is 1. The van der Waals surface area contributed by atoms with Crippen LogP contribution in [0, 0.1) is 0 Å². The molecule has 1 aromatic carbocycles. The van der Waals surface area contributed by atoms with E-state index in [2.05, 4.69) is 0 Å². The van der Waals surface area contributed by atoms with Crippen LogP contribution in [-0.4, -0.2) is 11.0 Å². The SMILES string of the molecule is NNC(=O)C[C@@H](O)c1ccccc1. The van der Waals surface area contributed by atoms with Crippen molar-refractivity contribution in [1.29, 1.82) is 0 Å². The van der Waals surface area contributed by atoms with Crippen LogP contribution in [0.5, 0.6) is 0 Å². The van der Waals surface area contributed by atoms with E-state index >= 15 is 0 Å². The summed E-state index contributed by atoms with van der Waals surface area (Å²) < 4.78 is 0. The van der Waals surface area contributed by atoms with Crippen LogP contribution in [0.15, 0.2) is 30.3 Å². The second-order valence-corrected chi connectivity index (χ2v) is 2.70. The van der Waals surface area contributed by atoms with Gasteiger partial charge in [0, 0.05) is 0 Å². The van der Waals surface area contributed by atoms with Crippen LogP contribution in [0.2, 0.25) is 0 Å². The number of benzene rings is 1. The Morgan fingerprint density at radius 3 is 2.62 bits per heavy atom. The van der Waals surface area contributed by atoms with Crippen LogP contribution in [-0.2, 0) is 4.79 Å².